The van der Waals surface area contributed by atoms with Gasteiger partial charge in [-0.3, -0.25) is 14.5 Å². The van der Waals surface area contributed by atoms with Crippen LogP contribution in [-0.4, -0.2) is 66.3 Å². The van der Waals surface area contributed by atoms with Crippen LogP contribution in [0.15, 0.2) is 18.3 Å². The Bertz CT molecular complexity index is 515. The average molecular weight is 322 g/mol. The maximum atomic E-state index is 11.5. The van der Waals surface area contributed by atoms with Crippen molar-refractivity contribution < 1.29 is 19.4 Å². The van der Waals surface area contributed by atoms with E-state index in [0.29, 0.717) is 5.69 Å². The quantitative estimate of drug-likeness (QED) is 0.645. The molecule has 3 N–H and O–H groups in total. The molecule has 0 radical (unpaired) electrons. The van der Waals surface area contributed by atoms with E-state index >= 15 is 0 Å². The van der Waals surface area contributed by atoms with E-state index in [4.69, 9.17) is 9.84 Å². The molecule has 1 aliphatic rings. The summed E-state index contributed by atoms with van der Waals surface area (Å²) in [5.41, 5.74) is 0.555. The Hall–Kier alpha value is -2.19. The SMILES string of the molecule is O=C(O)CCC(=O)Nc1ccc(NCCN2CCOCC2)nc1. The van der Waals surface area contributed by atoms with Gasteiger partial charge in [0, 0.05) is 32.6 Å². The number of amides is 1. The topological polar surface area (TPSA) is 104 Å². The van der Waals surface area contributed by atoms with Crippen molar-refractivity contribution in [1.82, 2.24) is 9.88 Å². The van der Waals surface area contributed by atoms with Crippen LogP contribution in [0, 0.1) is 0 Å². The zero-order valence-corrected chi connectivity index (χ0v) is 13.0. The third-order valence-electron chi connectivity index (χ3n) is 3.45. The number of nitrogens with zero attached hydrogens (tertiary/aromatic N) is 2. The summed E-state index contributed by atoms with van der Waals surface area (Å²) in [7, 11) is 0. The summed E-state index contributed by atoms with van der Waals surface area (Å²) in [5.74, 6) is -0.581. The molecule has 1 saturated heterocycles. The molecule has 126 valence electrons. The number of aromatic nitrogens is 1. The van der Waals surface area contributed by atoms with Crippen LogP contribution in [0.1, 0.15) is 12.8 Å². The Labute approximate surface area is 134 Å². The van der Waals surface area contributed by atoms with Gasteiger partial charge in [0.25, 0.3) is 0 Å². The molecular formula is C15H22N4O4. The third-order valence-corrected chi connectivity index (χ3v) is 3.45. The van der Waals surface area contributed by atoms with E-state index in [1.807, 2.05) is 0 Å². The largest absolute Gasteiger partial charge is 0.481 e. The number of rotatable bonds is 8. The zero-order chi connectivity index (χ0) is 16.5. The summed E-state index contributed by atoms with van der Waals surface area (Å²) in [6.45, 7) is 5.20. The number of nitrogens with one attached hydrogen (secondary N) is 2. The number of carboxylic acid groups (broad SMARTS) is 1. The van der Waals surface area contributed by atoms with Crippen LogP contribution in [0.4, 0.5) is 11.5 Å². The highest BCUT2D eigenvalue weighted by Gasteiger charge is 2.09. The van der Waals surface area contributed by atoms with E-state index in [0.717, 1.165) is 45.2 Å². The number of carboxylic acids is 1. The molecule has 0 atom stereocenters. The van der Waals surface area contributed by atoms with Gasteiger partial charge in [-0.2, -0.15) is 0 Å². The zero-order valence-electron chi connectivity index (χ0n) is 13.0. The summed E-state index contributed by atoms with van der Waals surface area (Å²) in [6, 6.07) is 3.52. The first-order chi connectivity index (χ1) is 11.1. The minimum Gasteiger partial charge on any atom is -0.481 e. The number of anilines is 2. The van der Waals surface area contributed by atoms with Crippen molar-refractivity contribution in [1.29, 1.82) is 0 Å². The smallest absolute Gasteiger partial charge is 0.303 e. The Balaban J connectivity index is 1.69. The molecule has 1 amide bonds. The molecule has 0 unspecified atom stereocenters. The summed E-state index contributed by atoms with van der Waals surface area (Å²) in [4.78, 5) is 28.5. The highest BCUT2D eigenvalue weighted by molar-refractivity contribution is 5.92. The minimum atomic E-state index is -0.988. The molecule has 0 aliphatic carbocycles. The standard InChI is InChI=1S/C15H22N4O4/c20-14(3-4-15(21)22)18-12-1-2-13(17-11-12)16-5-6-19-7-9-23-10-8-19/h1-2,11H,3-10H2,(H,16,17)(H,18,20)(H,21,22). The molecule has 23 heavy (non-hydrogen) atoms. The van der Waals surface area contributed by atoms with E-state index < -0.39 is 5.97 Å². The molecule has 0 saturated carbocycles. The van der Waals surface area contributed by atoms with E-state index in [9.17, 15) is 9.59 Å². The van der Waals surface area contributed by atoms with E-state index in [1.165, 1.54) is 0 Å². The van der Waals surface area contributed by atoms with Crippen molar-refractivity contribution in [3.63, 3.8) is 0 Å². The Morgan fingerprint density at radius 1 is 1.26 bits per heavy atom. The second kappa shape index (κ2) is 9.06. The molecule has 1 aliphatic heterocycles. The molecule has 8 heteroatoms. The molecule has 2 rings (SSSR count). The maximum absolute atomic E-state index is 11.5. The molecular weight excluding hydrogens is 300 g/mol. The Morgan fingerprint density at radius 2 is 2.04 bits per heavy atom. The predicted octanol–water partition coefficient (Wildman–Crippen LogP) is 0.629. The van der Waals surface area contributed by atoms with Crippen molar-refractivity contribution in [3.8, 4) is 0 Å². The Morgan fingerprint density at radius 3 is 2.70 bits per heavy atom. The summed E-state index contributed by atoms with van der Waals surface area (Å²) < 4.78 is 5.30. The van der Waals surface area contributed by atoms with Crippen LogP contribution in [0.3, 0.4) is 0 Å². The molecule has 8 nitrogen and oxygen atoms in total. The fourth-order valence-electron chi connectivity index (χ4n) is 2.18. The number of carbonyl (C=O) groups excluding carboxylic acids is 1. The fourth-order valence-corrected chi connectivity index (χ4v) is 2.18. The number of aliphatic carboxylic acids is 1. The molecule has 0 aromatic carbocycles. The Kier molecular flexibility index (Phi) is 6.76. The van der Waals surface area contributed by atoms with E-state index in [-0.39, 0.29) is 18.7 Å². The first-order valence-corrected chi connectivity index (χ1v) is 7.65. The van der Waals surface area contributed by atoms with Gasteiger partial charge in [-0.15, -0.1) is 0 Å². The van der Waals surface area contributed by atoms with Gasteiger partial charge in [-0.25, -0.2) is 4.98 Å². The maximum Gasteiger partial charge on any atom is 0.303 e. The summed E-state index contributed by atoms with van der Waals surface area (Å²) in [6.07, 6.45) is 1.32. The van der Waals surface area contributed by atoms with Gasteiger partial charge in [-0.05, 0) is 12.1 Å². The van der Waals surface area contributed by atoms with Crippen LogP contribution in [0.25, 0.3) is 0 Å². The van der Waals surface area contributed by atoms with Gasteiger partial charge in [0.15, 0.2) is 0 Å². The number of carbonyl (C=O) groups is 2. The minimum absolute atomic E-state index is 0.0467. The van der Waals surface area contributed by atoms with E-state index in [1.54, 1.807) is 18.3 Å². The van der Waals surface area contributed by atoms with Crippen LogP contribution >= 0.6 is 0 Å². The van der Waals surface area contributed by atoms with Crippen LogP contribution in [0.5, 0.6) is 0 Å². The second-order valence-electron chi connectivity index (χ2n) is 5.25. The molecule has 2 heterocycles. The molecule has 0 bridgehead atoms. The monoisotopic (exact) mass is 322 g/mol. The highest BCUT2D eigenvalue weighted by atomic mass is 16.5. The number of morpholine rings is 1. The van der Waals surface area contributed by atoms with Gasteiger partial charge in [0.1, 0.15) is 5.82 Å². The van der Waals surface area contributed by atoms with Gasteiger partial charge in [0.2, 0.25) is 5.91 Å². The number of hydrogen-bond acceptors (Lipinski definition) is 6. The fraction of sp³-hybridized carbons (Fsp3) is 0.533. The van der Waals surface area contributed by atoms with Crippen molar-refractivity contribution in [2.75, 3.05) is 50.0 Å². The van der Waals surface area contributed by atoms with Crippen molar-refractivity contribution in [2.45, 2.75) is 12.8 Å². The molecule has 1 aromatic rings. The average Bonchev–Trinajstić information content (AvgIpc) is 2.56. The second-order valence-corrected chi connectivity index (χ2v) is 5.25. The third kappa shape index (κ3) is 6.62. The number of hydrogen-bond donors (Lipinski definition) is 3. The number of ether oxygens (including phenoxy) is 1. The first-order valence-electron chi connectivity index (χ1n) is 7.65. The summed E-state index contributed by atoms with van der Waals surface area (Å²) >= 11 is 0. The predicted molar refractivity (Wildman–Crippen MR) is 85.5 cm³/mol. The molecule has 1 aromatic heterocycles. The number of pyridine rings is 1. The highest BCUT2D eigenvalue weighted by Crippen LogP contribution is 2.10. The van der Waals surface area contributed by atoms with Crippen molar-refractivity contribution in [3.05, 3.63) is 18.3 Å². The van der Waals surface area contributed by atoms with Crippen LogP contribution in [-0.2, 0) is 14.3 Å². The van der Waals surface area contributed by atoms with Gasteiger partial charge in [-0.1, -0.05) is 0 Å². The summed E-state index contributed by atoms with van der Waals surface area (Å²) in [5, 5.41) is 14.4. The lowest BCUT2D eigenvalue weighted by Gasteiger charge is -2.26. The van der Waals surface area contributed by atoms with Crippen LogP contribution < -0.4 is 10.6 Å². The van der Waals surface area contributed by atoms with E-state index in [2.05, 4.69) is 20.5 Å². The first kappa shape index (κ1) is 17.2. The van der Waals surface area contributed by atoms with Gasteiger partial charge < -0.3 is 20.5 Å². The van der Waals surface area contributed by atoms with Gasteiger partial charge >= 0.3 is 5.97 Å². The lowest BCUT2D eigenvalue weighted by molar-refractivity contribution is -0.138. The normalized spacial score (nSPS) is 15.1. The van der Waals surface area contributed by atoms with Gasteiger partial charge in [0.05, 0.1) is 31.5 Å². The lowest BCUT2D eigenvalue weighted by Crippen LogP contribution is -2.39. The molecule has 1 fully saturated rings. The lowest BCUT2D eigenvalue weighted by atomic mass is 10.3. The molecule has 0 spiro atoms. The van der Waals surface area contributed by atoms with Crippen molar-refractivity contribution >= 4 is 23.4 Å². The van der Waals surface area contributed by atoms with Crippen molar-refractivity contribution in [2.24, 2.45) is 0 Å². The van der Waals surface area contributed by atoms with Crippen LogP contribution in [0.2, 0.25) is 0 Å².